The Hall–Kier alpha value is -2.26. The van der Waals surface area contributed by atoms with E-state index in [1.54, 1.807) is 35.9 Å². The minimum atomic E-state index is -0.422. The third-order valence-corrected chi connectivity index (χ3v) is 6.88. The number of thioether (sulfide) groups is 1. The molecule has 34 heavy (non-hydrogen) atoms. The highest BCUT2D eigenvalue weighted by molar-refractivity contribution is 7.99. The lowest BCUT2D eigenvalue weighted by Crippen LogP contribution is -2.33. The quantitative estimate of drug-likeness (QED) is 0.345. The standard InChI is InChI=1S/C23H24Cl3N5O2S/c1-12(2)20(28-22(33)16-8-7-14(24)9-17(16)26)21-29-30-23(31(21)4)34-11-19(32)27-18-10-15(25)6-5-13(18)3/h5-10,12,20H,11H2,1-4H3,(H,27,32)(H,28,33)/t20-/m1/s1. The van der Waals surface area contributed by atoms with Gasteiger partial charge in [-0.3, -0.25) is 9.59 Å². The second-order valence-electron chi connectivity index (χ2n) is 8.02. The number of rotatable bonds is 8. The van der Waals surface area contributed by atoms with E-state index in [9.17, 15) is 9.59 Å². The Morgan fingerprint density at radius 1 is 1.06 bits per heavy atom. The zero-order valence-electron chi connectivity index (χ0n) is 19.0. The molecule has 0 saturated carbocycles. The molecule has 0 saturated heterocycles. The molecule has 0 aliphatic rings. The van der Waals surface area contributed by atoms with E-state index in [0.29, 0.717) is 32.3 Å². The number of anilines is 1. The van der Waals surface area contributed by atoms with Crippen LogP contribution in [0, 0.1) is 12.8 Å². The predicted molar refractivity (Wildman–Crippen MR) is 138 cm³/mol. The van der Waals surface area contributed by atoms with Crippen molar-refractivity contribution in [1.82, 2.24) is 20.1 Å². The molecule has 11 heteroatoms. The molecule has 3 aromatic rings. The van der Waals surface area contributed by atoms with Crippen LogP contribution >= 0.6 is 46.6 Å². The first-order chi connectivity index (χ1) is 16.1. The smallest absolute Gasteiger partial charge is 0.253 e. The Morgan fingerprint density at radius 2 is 1.74 bits per heavy atom. The molecule has 7 nitrogen and oxygen atoms in total. The fraction of sp³-hybridized carbons (Fsp3) is 0.304. The number of hydrogen-bond acceptors (Lipinski definition) is 5. The maximum Gasteiger partial charge on any atom is 0.253 e. The molecular formula is C23H24Cl3N5O2S. The molecular weight excluding hydrogens is 517 g/mol. The topological polar surface area (TPSA) is 88.9 Å². The van der Waals surface area contributed by atoms with Crippen molar-refractivity contribution >= 4 is 64.1 Å². The number of halogens is 3. The molecule has 0 spiro atoms. The van der Waals surface area contributed by atoms with Gasteiger partial charge < -0.3 is 15.2 Å². The Bertz CT molecular complexity index is 1220. The van der Waals surface area contributed by atoms with E-state index >= 15 is 0 Å². The number of nitrogens with zero attached hydrogens (tertiary/aromatic N) is 3. The molecule has 0 unspecified atom stereocenters. The highest BCUT2D eigenvalue weighted by Crippen LogP contribution is 2.27. The summed E-state index contributed by atoms with van der Waals surface area (Å²) in [5.41, 5.74) is 1.90. The number of benzene rings is 2. The second-order valence-corrected chi connectivity index (χ2v) is 10.2. The molecule has 1 aromatic heterocycles. The van der Waals surface area contributed by atoms with E-state index in [1.807, 2.05) is 26.8 Å². The molecule has 1 heterocycles. The maximum atomic E-state index is 12.9. The average Bonchev–Trinajstić information content (AvgIpc) is 3.12. The molecule has 3 rings (SSSR count). The second kappa shape index (κ2) is 11.4. The number of amides is 2. The Kier molecular flexibility index (Phi) is 8.87. The van der Waals surface area contributed by atoms with Crippen molar-refractivity contribution in [1.29, 1.82) is 0 Å². The molecule has 0 radical (unpaired) electrons. The van der Waals surface area contributed by atoms with Gasteiger partial charge in [-0.2, -0.15) is 0 Å². The largest absolute Gasteiger partial charge is 0.342 e. The monoisotopic (exact) mass is 539 g/mol. The van der Waals surface area contributed by atoms with Crippen molar-refractivity contribution in [3.8, 4) is 0 Å². The zero-order chi connectivity index (χ0) is 25.0. The van der Waals surface area contributed by atoms with Gasteiger partial charge in [0, 0.05) is 22.8 Å². The van der Waals surface area contributed by atoms with Gasteiger partial charge in [-0.15, -0.1) is 10.2 Å². The number of nitrogens with one attached hydrogen (secondary N) is 2. The zero-order valence-corrected chi connectivity index (χ0v) is 22.1. The number of hydrogen-bond donors (Lipinski definition) is 2. The minimum absolute atomic E-state index is 0.0184. The van der Waals surface area contributed by atoms with E-state index in [2.05, 4.69) is 20.8 Å². The van der Waals surface area contributed by atoms with Crippen molar-refractivity contribution in [3.05, 3.63) is 68.4 Å². The summed E-state index contributed by atoms with van der Waals surface area (Å²) in [6, 6.07) is 9.62. The van der Waals surface area contributed by atoms with Gasteiger partial charge in [0.15, 0.2) is 11.0 Å². The Balaban J connectivity index is 1.69. The molecule has 0 bridgehead atoms. The number of aromatic nitrogens is 3. The summed E-state index contributed by atoms with van der Waals surface area (Å²) < 4.78 is 1.77. The highest BCUT2D eigenvalue weighted by atomic mass is 35.5. The SMILES string of the molecule is Cc1ccc(Cl)cc1NC(=O)CSc1nnc([C@H](NC(=O)c2ccc(Cl)cc2Cl)C(C)C)n1C. The van der Waals surface area contributed by atoms with Crippen LogP contribution in [0.2, 0.25) is 15.1 Å². The van der Waals surface area contributed by atoms with Crippen LogP contribution in [0.1, 0.15) is 41.6 Å². The van der Waals surface area contributed by atoms with Gasteiger partial charge in [0.25, 0.3) is 5.91 Å². The number of carbonyl (C=O) groups is 2. The van der Waals surface area contributed by atoms with E-state index in [1.165, 1.54) is 17.8 Å². The first-order valence-electron chi connectivity index (χ1n) is 10.4. The molecule has 1 atom stereocenters. The average molecular weight is 541 g/mol. The molecule has 0 aliphatic carbocycles. The fourth-order valence-corrected chi connectivity index (χ4v) is 4.57. The highest BCUT2D eigenvalue weighted by Gasteiger charge is 2.26. The summed E-state index contributed by atoms with van der Waals surface area (Å²) in [7, 11) is 1.80. The van der Waals surface area contributed by atoms with Gasteiger partial charge >= 0.3 is 0 Å². The summed E-state index contributed by atoms with van der Waals surface area (Å²) in [5, 5.41) is 16.2. The van der Waals surface area contributed by atoms with Crippen LogP contribution in [0.3, 0.4) is 0 Å². The fourth-order valence-electron chi connectivity index (χ4n) is 3.19. The van der Waals surface area contributed by atoms with Gasteiger partial charge in [0.1, 0.15) is 0 Å². The minimum Gasteiger partial charge on any atom is -0.342 e. The van der Waals surface area contributed by atoms with Crippen LogP contribution < -0.4 is 10.6 Å². The molecule has 2 amide bonds. The van der Waals surface area contributed by atoms with Gasteiger partial charge in [0.2, 0.25) is 5.91 Å². The summed E-state index contributed by atoms with van der Waals surface area (Å²) in [6.45, 7) is 5.83. The van der Waals surface area contributed by atoms with Crippen LogP contribution in [0.5, 0.6) is 0 Å². The number of aryl methyl sites for hydroxylation is 1. The predicted octanol–water partition coefficient (Wildman–Crippen LogP) is 5.94. The summed E-state index contributed by atoms with van der Waals surface area (Å²) in [6.07, 6.45) is 0. The lowest BCUT2D eigenvalue weighted by atomic mass is 10.0. The Labute approximate surface area is 217 Å². The first-order valence-corrected chi connectivity index (χ1v) is 12.5. The van der Waals surface area contributed by atoms with E-state index < -0.39 is 6.04 Å². The first kappa shape index (κ1) is 26.3. The van der Waals surface area contributed by atoms with E-state index in [0.717, 1.165) is 5.56 Å². The molecule has 2 aromatic carbocycles. The van der Waals surface area contributed by atoms with Crippen molar-refractivity contribution in [2.24, 2.45) is 13.0 Å². The summed E-state index contributed by atoms with van der Waals surface area (Å²) in [5.74, 6) is 0.198. The molecule has 2 N–H and O–H groups in total. The van der Waals surface area contributed by atoms with Crippen LogP contribution in [0.15, 0.2) is 41.6 Å². The summed E-state index contributed by atoms with van der Waals surface area (Å²) >= 11 is 19.4. The van der Waals surface area contributed by atoms with E-state index in [-0.39, 0.29) is 28.5 Å². The van der Waals surface area contributed by atoms with Crippen LogP contribution in [0.4, 0.5) is 5.69 Å². The van der Waals surface area contributed by atoms with Gasteiger partial charge in [-0.25, -0.2) is 0 Å². The van der Waals surface area contributed by atoms with Gasteiger partial charge in [-0.1, -0.05) is 66.5 Å². The lowest BCUT2D eigenvalue weighted by Gasteiger charge is -2.22. The third kappa shape index (κ3) is 6.44. The van der Waals surface area contributed by atoms with Crippen molar-refractivity contribution in [2.75, 3.05) is 11.1 Å². The lowest BCUT2D eigenvalue weighted by molar-refractivity contribution is -0.113. The van der Waals surface area contributed by atoms with Crippen LogP contribution in [-0.4, -0.2) is 32.3 Å². The molecule has 0 fully saturated rings. The van der Waals surface area contributed by atoms with E-state index in [4.69, 9.17) is 34.8 Å². The van der Waals surface area contributed by atoms with Crippen molar-refractivity contribution in [2.45, 2.75) is 32.0 Å². The Morgan fingerprint density at radius 3 is 2.41 bits per heavy atom. The van der Waals surface area contributed by atoms with Crippen LogP contribution in [0.25, 0.3) is 0 Å². The van der Waals surface area contributed by atoms with Gasteiger partial charge in [0.05, 0.1) is 22.4 Å². The maximum absolute atomic E-state index is 12.9. The molecule has 180 valence electrons. The van der Waals surface area contributed by atoms with Crippen molar-refractivity contribution < 1.29 is 9.59 Å². The molecule has 0 aliphatic heterocycles. The van der Waals surface area contributed by atoms with Crippen LogP contribution in [-0.2, 0) is 11.8 Å². The van der Waals surface area contributed by atoms with Gasteiger partial charge in [-0.05, 0) is 48.7 Å². The number of carbonyl (C=O) groups excluding carboxylic acids is 2. The summed E-state index contributed by atoms with van der Waals surface area (Å²) in [4.78, 5) is 25.3. The normalized spacial score (nSPS) is 12.0. The van der Waals surface area contributed by atoms with Crippen molar-refractivity contribution in [3.63, 3.8) is 0 Å². The third-order valence-electron chi connectivity index (χ3n) is 5.08.